The second kappa shape index (κ2) is 4.93. The summed E-state index contributed by atoms with van der Waals surface area (Å²) >= 11 is 0. The number of anilines is 1. The average molecular weight is 271 g/mol. The first kappa shape index (κ1) is 13.4. The number of hydrogen-bond acceptors (Lipinski definition) is 3. The Bertz CT molecular complexity index is 547. The first-order chi connectivity index (χ1) is 8.93. The number of amides is 1. The van der Waals surface area contributed by atoms with E-state index in [9.17, 15) is 18.4 Å². The summed E-state index contributed by atoms with van der Waals surface area (Å²) in [6.07, 6.45) is 0.0502. The molecule has 19 heavy (non-hydrogen) atoms. The molecule has 1 heterocycles. The standard InChI is InChI=1S/C12H11F2NO4/c13-8-2-7(12(18)19)10(3-9(8)14)15-4-6(5-16)1-11(15)17/h2-3,6,16H,1,4-5H2,(H,18,19). The van der Waals surface area contributed by atoms with Crippen molar-refractivity contribution >= 4 is 17.6 Å². The van der Waals surface area contributed by atoms with Crippen LogP contribution in [0.4, 0.5) is 14.5 Å². The number of aromatic carboxylic acids is 1. The average Bonchev–Trinajstić information content (AvgIpc) is 2.73. The number of carbonyl (C=O) groups is 2. The minimum Gasteiger partial charge on any atom is -0.478 e. The van der Waals surface area contributed by atoms with E-state index >= 15 is 0 Å². The molecule has 0 saturated carbocycles. The van der Waals surface area contributed by atoms with E-state index in [1.54, 1.807) is 0 Å². The zero-order chi connectivity index (χ0) is 14.2. The summed E-state index contributed by atoms with van der Waals surface area (Å²) in [7, 11) is 0. The number of aliphatic hydroxyl groups excluding tert-OH is 1. The van der Waals surface area contributed by atoms with E-state index in [-0.39, 0.29) is 31.2 Å². The van der Waals surface area contributed by atoms with Crippen LogP contribution in [0.3, 0.4) is 0 Å². The van der Waals surface area contributed by atoms with E-state index in [1.165, 1.54) is 0 Å². The molecule has 2 rings (SSSR count). The number of carbonyl (C=O) groups excluding carboxylic acids is 1. The van der Waals surface area contributed by atoms with Gasteiger partial charge in [-0.25, -0.2) is 13.6 Å². The highest BCUT2D eigenvalue weighted by Gasteiger charge is 2.33. The van der Waals surface area contributed by atoms with Crippen LogP contribution in [-0.2, 0) is 4.79 Å². The lowest BCUT2D eigenvalue weighted by Gasteiger charge is -2.19. The number of carboxylic acid groups (broad SMARTS) is 1. The number of carboxylic acids is 1. The van der Waals surface area contributed by atoms with E-state index in [2.05, 4.69) is 0 Å². The highest BCUT2D eigenvalue weighted by atomic mass is 19.2. The van der Waals surface area contributed by atoms with Crippen LogP contribution in [0, 0.1) is 17.6 Å². The molecular weight excluding hydrogens is 260 g/mol. The number of hydrogen-bond donors (Lipinski definition) is 2. The van der Waals surface area contributed by atoms with Crippen LogP contribution in [0.25, 0.3) is 0 Å². The van der Waals surface area contributed by atoms with Crippen LogP contribution in [0.5, 0.6) is 0 Å². The van der Waals surface area contributed by atoms with Crippen LogP contribution in [0.2, 0.25) is 0 Å². The first-order valence-electron chi connectivity index (χ1n) is 5.57. The molecule has 0 spiro atoms. The van der Waals surface area contributed by atoms with Crippen molar-refractivity contribution in [2.45, 2.75) is 6.42 Å². The molecule has 0 aliphatic carbocycles. The van der Waals surface area contributed by atoms with Crippen molar-refractivity contribution in [1.29, 1.82) is 0 Å². The van der Waals surface area contributed by atoms with Gasteiger partial charge in [0.1, 0.15) is 0 Å². The molecule has 1 amide bonds. The summed E-state index contributed by atoms with van der Waals surface area (Å²) in [5.41, 5.74) is -0.668. The number of aliphatic hydroxyl groups is 1. The molecule has 2 N–H and O–H groups in total. The van der Waals surface area contributed by atoms with Gasteiger partial charge in [-0.15, -0.1) is 0 Å². The molecular formula is C12H11F2NO4. The summed E-state index contributed by atoms with van der Waals surface area (Å²) in [5.74, 6) is -4.71. The van der Waals surface area contributed by atoms with Crippen LogP contribution < -0.4 is 4.90 Å². The van der Waals surface area contributed by atoms with Crippen molar-refractivity contribution in [3.8, 4) is 0 Å². The maximum Gasteiger partial charge on any atom is 0.337 e. The highest BCUT2D eigenvalue weighted by molar-refractivity contribution is 6.03. The van der Waals surface area contributed by atoms with Crippen molar-refractivity contribution in [2.75, 3.05) is 18.1 Å². The predicted molar refractivity (Wildman–Crippen MR) is 60.9 cm³/mol. The number of rotatable bonds is 3. The number of nitrogens with zero attached hydrogens (tertiary/aromatic N) is 1. The first-order valence-corrected chi connectivity index (χ1v) is 5.57. The topological polar surface area (TPSA) is 77.8 Å². The van der Waals surface area contributed by atoms with Crippen molar-refractivity contribution in [2.24, 2.45) is 5.92 Å². The van der Waals surface area contributed by atoms with E-state index in [1.807, 2.05) is 0 Å². The zero-order valence-electron chi connectivity index (χ0n) is 9.77. The van der Waals surface area contributed by atoms with Gasteiger partial charge in [0.2, 0.25) is 5.91 Å². The lowest BCUT2D eigenvalue weighted by molar-refractivity contribution is -0.117. The molecule has 5 nitrogen and oxygen atoms in total. The van der Waals surface area contributed by atoms with Gasteiger partial charge >= 0.3 is 5.97 Å². The van der Waals surface area contributed by atoms with Gasteiger partial charge < -0.3 is 15.1 Å². The fourth-order valence-electron chi connectivity index (χ4n) is 2.07. The maximum absolute atomic E-state index is 13.2. The summed E-state index contributed by atoms with van der Waals surface area (Å²) in [5, 5.41) is 18.0. The third-order valence-electron chi connectivity index (χ3n) is 3.02. The second-order valence-electron chi connectivity index (χ2n) is 4.35. The second-order valence-corrected chi connectivity index (χ2v) is 4.35. The molecule has 0 aromatic heterocycles. The summed E-state index contributed by atoms with van der Waals surface area (Å²) in [6.45, 7) is -0.144. The van der Waals surface area contributed by atoms with Crippen molar-refractivity contribution in [3.05, 3.63) is 29.3 Å². The Morgan fingerprint density at radius 3 is 2.53 bits per heavy atom. The highest BCUT2D eigenvalue weighted by Crippen LogP contribution is 2.29. The van der Waals surface area contributed by atoms with Gasteiger partial charge in [-0.3, -0.25) is 4.79 Å². The Morgan fingerprint density at radius 1 is 1.37 bits per heavy atom. The molecule has 0 bridgehead atoms. The van der Waals surface area contributed by atoms with E-state index in [4.69, 9.17) is 10.2 Å². The van der Waals surface area contributed by atoms with Crippen molar-refractivity contribution in [3.63, 3.8) is 0 Å². The smallest absolute Gasteiger partial charge is 0.337 e. The fraction of sp³-hybridized carbons (Fsp3) is 0.333. The van der Waals surface area contributed by atoms with Crippen molar-refractivity contribution < 1.29 is 28.6 Å². The van der Waals surface area contributed by atoms with Crippen LogP contribution in [0.1, 0.15) is 16.8 Å². The molecule has 0 radical (unpaired) electrons. The predicted octanol–water partition coefficient (Wildman–Crippen LogP) is 1.01. The van der Waals surface area contributed by atoms with E-state index in [0.717, 1.165) is 4.90 Å². The Morgan fingerprint density at radius 2 is 2.00 bits per heavy atom. The molecule has 1 aromatic rings. The zero-order valence-corrected chi connectivity index (χ0v) is 9.77. The van der Waals surface area contributed by atoms with Gasteiger partial charge in [-0.05, 0) is 6.07 Å². The minimum atomic E-state index is -1.45. The Hall–Kier alpha value is -2.02. The summed E-state index contributed by atoms with van der Waals surface area (Å²) < 4.78 is 26.3. The molecule has 1 atom stereocenters. The maximum atomic E-state index is 13.2. The van der Waals surface area contributed by atoms with E-state index in [0.29, 0.717) is 12.1 Å². The minimum absolute atomic E-state index is 0.0502. The summed E-state index contributed by atoms with van der Waals surface area (Å²) in [6, 6.07) is 1.24. The fourth-order valence-corrected chi connectivity index (χ4v) is 2.07. The molecule has 1 aliphatic heterocycles. The van der Waals surface area contributed by atoms with Gasteiger partial charge in [0, 0.05) is 31.6 Å². The van der Waals surface area contributed by atoms with Crippen LogP contribution in [-0.4, -0.2) is 35.2 Å². The molecule has 7 heteroatoms. The quantitative estimate of drug-likeness (QED) is 0.860. The molecule has 1 aromatic carbocycles. The van der Waals surface area contributed by atoms with Crippen LogP contribution >= 0.6 is 0 Å². The molecule has 1 unspecified atom stereocenters. The van der Waals surface area contributed by atoms with Crippen LogP contribution in [0.15, 0.2) is 12.1 Å². The Kier molecular flexibility index (Phi) is 3.48. The lowest BCUT2D eigenvalue weighted by atomic mass is 10.1. The SMILES string of the molecule is O=C(O)c1cc(F)c(F)cc1N1CC(CO)CC1=O. The third-order valence-corrected chi connectivity index (χ3v) is 3.02. The molecule has 1 aliphatic rings. The number of benzene rings is 1. The van der Waals surface area contributed by atoms with Gasteiger partial charge in [0.05, 0.1) is 11.3 Å². The van der Waals surface area contributed by atoms with Gasteiger partial charge in [0.15, 0.2) is 11.6 Å². The Labute approximate surface area is 107 Å². The summed E-state index contributed by atoms with van der Waals surface area (Å²) in [4.78, 5) is 23.8. The normalized spacial score (nSPS) is 19.0. The lowest BCUT2D eigenvalue weighted by Crippen LogP contribution is -2.27. The van der Waals surface area contributed by atoms with Gasteiger partial charge in [-0.1, -0.05) is 0 Å². The van der Waals surface area contributed by atoms with Gasteiger partial charge in [0.25, 0.3) is 0 Å². The van der Waals surface area contributed by atoms with Gasteiger partial charge in [-0.2, -0.15) is 0 Å². The Balaban J connectivity index is 2.47. The monoisotopic (exact) mass is 271 g/mol. The molecule has 1 saturated heterocycles. The van der Waals surface area contributed by atoms with Crippen molar-refractivity contribution in [1.82, 2.24) is 0 Å². The molecule has 1 fully saturated rings. The number of halogens is 2. The third kappa shape index (κ3) is 2.41. The van der Waals surface area contributed by atoms with E-state index < -0.39 is 29.1 Å². The molecule has 102 valence electrons. The largest absolute Gasteiger partial charge is 0.478 e.